The highest BCUT2D eigenvalue weighted by atomic mass is 16.2. The van der Waals surface area contributed by atoms with E-state index in [2.05, 4.69) is 11.9 Å². The number of H-pyrrole nitrogens is 1. The number of benzene rings is 1. The minimum atomic E-state index is 0.155. The minimum Gasteiger partial charge on any atom is -0.361 e. The summed E-state index contributed by atoms with van der Waals surface area (Å²) in [5.41, 5.74) is 1.75. The van der Waals surface area contributed by atoms with Crippen LogP contribution in [0.2, 0.25) is 0 Å². The van der Waals surface area contributed by atoms with Gasteiger partial charge in [-0.15, -0.1) is 0 Å². The van der Waals surface area contributed by atoms with E-state index < -0.39 is 0 Å². The lowest BCUT2D eigenvalue weighted by Crippen LogP contribution is -2.37. The molecule has 1 aliphatic carbocycles. The molecule has 1 N–H and O–H groups in total. The van der Waals surface area contributed by atoms with E-state index in [4.69, 9.17) is 0 Å². The number of para-hydroxylation sites is 1. The van der Waals surface area contributed by atoms with Crippen LogP contribution in [0.5, 0.6) is 0 Å². The molecule has 1 aromatic heterocycles. The molecule has 3 heteroatoms. The van der Waals surface area contributed by atoms with E-state index in [0.717, 1.165) is 29.6 Å². The quantitative estimate of drug-likeness (QED) is 0.893. The number of carbonyl (C=O) groups excluding carboxylic acids is 1. The maximum absolute atomic E-state index is 12.7. The molecule has 0 spiro atoms. The summed E-state index contributed by atoms with van der Waals surface area (Å²) in [4.78, 5) is 17.8. The van der Waals surface area contributed by atoms with Crippen molar-refractivity contribution in [3.63, 3.8) is 0 Å². The Morgan fingerprint density at radius 3 is 2.89 bits per heavy atom. The Balaban J connectivity index is 1.86. The third kappa shape index (κ3) is 2.25. The second-order valence-corrected chi connectivity index (χ2v) is 5.39. The fourth-order valence-electron chi connectivity index (χ4n) is 2.78. The Morgan fingerprint density at radius 2 is 2.21 bits per heavy atom. The van der Waals surface area contributed by atoms with Crippen molar-refractivity contribution in [2.45, 2.75) is 26.2 Å². The molecule has 0 unspecified atom stereocenters. The van der Waals surface area contributed by atoms with E-state index >= 15 is 0 Å². The molecule has 1 fully saturated rings. The molecule has 3 nitrogen and oxygen atoms in total. The molecule has 3 rings (SSSR count). The van der Waals surface area contributed by atoms with Gasteiger partial charge in [0.2, 0.25) is 0 Å². The molecule has 0 atom stereocenters. The van der Waals surface area contributed by atoms with Crippen molar-refractivity contribution in [2.24, 2.45) is 5.92 Å². The van der Waals surface area contributed by atoms with Crippen LogP contribution in [0.4, 0.5) is 0 Å². The third-order valence-electron chi connectivity index (χ3n) is 4.19. The zero-order chi connectivity index (χ0) is 13.2. The summed E-state index contributed by atoms with van der Waals surface area (Å²) in [6.45, 7) is 3.75. The summed E-state index contributed by atoms with van der Waals surface area (Å²) in [7, 11) is 0. The largest absolute Gasteiger partial charge is 0.361 e. The Kier molecular flexibility index (Phi) is 3.28. The average molecular weight is 256 g/mol. The molecule has 0 saturated heterocycles. The number of amides is 1. The summed E-state index contributed by atoms with van der Waals surface area (Å²) in [5, 5.41) is 1.10. The number of aromatic nitrogens is 1. The van der Waals surface area contributed by atoms with Gasteiger partial charge in [-0.25, -0.2) is 0 Å². The van der Waals surface area contributed by atoms with Crippen LogP contribution in [0.3, 0.4) is 0 Å². The number of nitrogens with zero attached hydrogens (tertiary/aromatic N) is 1. The highest BCUT2D eigenvalue weighted by Crippen LogP contribution is 2.28. The number of aromatic amines is 1. The first-order valence-electron chi connectivity index (χ1n) is 7.15. The van der Waals surface area contributed by atoms with Crippen molar-refractivity contribution in [3.05, 3.63) is 36.0 Å². The second kappa shape index (κ2) is 5.08. The Labute approximate surface area is 113 Å². The molecule has 1 amide bonds. The van der Waals surface area contributed by atoms with Gasteiger partial charge < -0.3 is 9.88 Å². The predicted octanol–water partition coefficient (Wildman–Crippen LogP) is 3.43. The third-order valence-corrected chi connectivity index (χ3v) is 4.19. The summed E-state index contributed by atoms with van der Waals surface area (Å²) in [5.74, 6) is 0.870. The highest BCUT2D eigenvalue weighted by molar-refractivity contribution is 6.05. The molecule has 19 heavy (non-hydrogen) atoms. The van der Waals surface area contributed by atoms with Crippen LogP contribution in [-0.4, -0.2) is 28.9 Å². The van der Waals surface area contributed by atoms with Gasteiger partial charge in [0, 0.05) is 24.7 Å². The summed E-state index contributed by atoms with van der Waals surface area (Å²) in [6, 6.07) is 7.92. The van der Waals surface area contributed by atoms with Crippen molar-refractivity contribution in [3.8, 4) is 0 Å². The molecule has 1 aromatic carbocycles. The number of nitrogens with one attached hydrogen (secondary N) is 1. The van der Waals surface area contributed by atoms with Gasteiger partial charge in [-0.05, 0) is 37.8 Å². The van der Waals surface area contributed by atoms with Gasteiger partial charge in [0.1, 0.15) is 0 Å². The first-order chi connectivity index (χ1) is 9.29. The van der Waals surface area contributed by atoms with Crippen molar-refractivity contribution < 1.29 is 4.79 Å². The Morgan fingerprint density at radius 1 is 1.37 bits per heavy atom. The Hall–Kier alpha value is -1.77. The highest BCUT2D eigenvalue weighted by Gasteiger charge is 2.24. The summed E-state index contributed by atoms with van der Waals surface area (Å²) in [6.07, 6.45) is 5.76. The van der Waals surface area contributed by atoms with Crippen molar-refractivity contribution in [2.75, 3.05) is 13.1 Å². The standard InChI is InChI=1S/C16H20N2O/c1-2-18(11-12-5-3-6-12)16(19)14-8-4-7-13-9-10-17-15(13)14/h4,7-10,12,17H,2-3,5-6,11H2,1H3. The molecule has 0 radical (unpaired) electrons. The predicted molar refractivity (Wildman–Crippen MR) is 77.2 cm³/mol. The van der Waals surface area contributed by atoms with Crippen LogP contribution in [0.15, 0.2) is 30.5 Å². The van der Waals surface area contributed by atoms with E-state index in [1.54, 1.807) is 0 Å². The first-order valence-corrected chi connectivity index (χ1v) is 7.15. The normalized spacial score (nSPS) is 15.4. The van der Waals surface area contributed by atoms with Gasteiger partial charge in [-0.2, -0.15) is 0 Å². The van der Waals surface area contributed by atoms with Crippen LogP contribution in [0, 0.1) is 5.92 Å². The van der Waals surface area contributed by atoms with E-state index in [0.29, 0.717) is 5.92 Å². The maximum atomic E-state index is 12.7. The topological polar surface area (TPSA) is 36.1 Å². The molecule has 1 heterocycles. The molecule has 2 aromatic rings. The van der Waals surface area contributed by atoms with Crippen molar-refractivity contribution in [1.29, 1.82) is 0 Å². The van der Waals surface area contributed by atoms with Gasteiger partial charge in [0.15, 0.2) is 0 Å². The van der Waals surface area contributed by atoms with E-state index in [9.17, 15) is 4.79 Å². The monoisotopic (exact) mass is 256 g/mol. The lowest BCUT2D eigenvalue weighted by atomic mass is 9.85. The van der Waals surface area contributed by atoms with Gasteiger partial charge in [0.25, 0.3) is 5.91 Å². The molecule has 1 saturated carbocycles. The molecule has 100 valence electrons. The average Bonchev–Trinajstić information content (AvgIpc) is 2.85. The van der Waals surface area contributed by atoms with E-state index in [1.807, 2.05) is 35.4 Å². The summed E-state index contributed by atoms with van der Waals surface area (Å²) < 4.78 is 0. The minimum absolute atomic E-state index is 0.155. The zero-order valence-electron chi connectivity index (χ0n) is 11.4. The molecular formula is C16H20N2O. The van der Waals surface area contributed by atoms with Crippen LogP contribution in [0.25, 0.3) is 10.9 Å². The smallest absolute Gasteiger partial charge is 0.255 e. The number of carbonyl (C=O) groups is 1. The molecule has 0 bridgehead atoms. The van der Waals surface area contributed by atoms with Crippen LogP contribution in [-0.2, 0) is 0 Å². The van der Waals surface area contributed by atoms with Gasteiger partial charge in [-0.1, -0.05) is 18.6 Å². The fourth-order valence-corrected chi connectivity index (χ4v) is 2.78. The summed E-state index contributed by atoms with van der Waals surface area (Å²) >= 11 is 0. The van der Waals surface area contributed by atoms with Crippen molar-refractivity contribution in [1.82, 2.24) is 9.88 Å². The van der Waals surface area contributed by atoms with Gasteiger partial charge >= 0.3 is 0 Å². The van der Waals surface area contributed by atoms with E-state index in [-0.39, 0.29) is 5.91 Å². The maximum Gasteiger partial charge on any atom is 0.255 e. The number of hydrogen-bond acceptors (Lipinski definition) is 1. The van der Waals surface area contributed by atoms with Crippen LogP contribution >= 0.6 is 0 Å². The van der Waals surface area contributed by atoms with Gasteiger partial charge in [0.05, 0.1) is 11.1 Å². The lowest BCUT2D eigenvalue weighted by molar-refractivity contribution is 0.0708. The lowest BCUT2D eigenvalue weighted by Gasteiger charge is -2.32. The second-order valence-electron chi connectivity index (χ2n) is 5.39. The number of hydrogen-bond donors (Lipinski definition) is 1. The van der Waals surface area contributed by atoms with Crippen LogP contribution < -0.4 is 0 Å². The molecular weight excluding hydrogens is 236 g/mol. The number of fused-ring (bicyclic) bond motifs is 1. The van der Waals surface area contributed by atoms with E-state index in [1.165, 1.54) is 19.3 Å². The fraction of sp³-hybridized carbons (Fsp3) is 0.438. The Bertz CT molecular complexity index is 583. The number of rotatable bonds is 4. The SMILES string of the molecule is CCN(CC1CCC1)C(=O)c1cccc2cc[nH]c12. The zero-order valence-corrected chi connectivity index (χ0v) is 11.4. The van der Waals surface area contributed by atoms with Crippen molar-refractivity contribution >= 4 is 16.8 Å². The van der Waals surface area contributed by atoms with Gasteiger partial charge in [-0.3, -0.25) is 4.79 Å². The molecule has 0 aliphatic heterocycles. The molecule has 1 aliphatic rings. The van der Waals surface area contributed by atoms with Crippen LogP contribution in [0.1, 0.15) is 36.5 Å². The first kappa shape index (κ1) is 12.3.